The number of para-hydroxylation sites is 1. The molecule has 0 atom stereocenters. The lowest BCUT2D eigenvalue weighted by molar-refractivity contribution is -0.385. The minimum atomic E-state index is -0.532. The largest absolute Gasteiger partial charge is 0.453 e. The molecule has 0 fully saturated rings. The van der Waals surface area contributed by atoms with E-state index in [0.717, 1.165) is 16.1 Å². The van der Waals surface area contributed by atoms with Crippen molar-refractivity contribution < 1.29 is 14.1 Å². The number of benzene rings is 3. The molecule has 190 valence electrons. The van der Waals surface area contributed by atoms with Gasteiger partial charge in [-0.1, -0.05) is 40.2 Å². The number of ether oxygens (including phenoxy) is 1. The lowest BCUT2D eigenvalue weighted by atomic mass is 10.2. The summed E-state index contributed by atoms with van der Waals surface area (Å²) in [5.74, 6) is 1.28. The molecule has 0 N–H and O–H groups in total. The summed E-state index contributed by atoms with van der Waals surface area (Å²) in [4.78, 5) is 32.4. The maximum absolute atomic E-state index is 13.5. The Labute approximate surface area is 228 Å². The van der Waals surface area contributed by atoms with Crippen molar-refractivity contribution in [2.45, 2.75) is 0 Å². The van der Waals surface area contributed by atoms with E-state index >= 15 is 0 Å². The van der Waals surface area contributed by atoms with Gasteiger partial charge in [-0.15, -0.1) is 0 Å². The predicted molar refractivity (Wildman–Crippen MR) is 149 cm³/mol. The van der Waals surface area contributed by atoms with Crippen LogP contribution in [-0.2, 0) is 0 Å². The molecule has 0 aliphatic rings. The third-order valence-electron chi connectivity index (χ3n) is 5.79. The minimum Gasteiger partial charge on any atom is -0.453 e. The minimum absolute atomic E-state index is 0.134. The summed E-state index contributed by atoms with van der Waals surface area (Å²) in [6.45, 7) is 0. The number of furan rings is 1. The molecule has 0 radical (unpaired) electrons. The van der Waals surface area contributed by atoms with Gasteiger partial charge in [-0.25, -0.2) is 9.97 Å². The molecule has 0 unspecified atom stereocenters. The Morgan fingerprint density at radius 3 is 2.72 bits per heavy atom. The zero-order chi connectivity index (χ0) is 26.9. The molecular weight excluding hydrogens is 566 g/mol. The van der Waals surface area contributed by atoms with Crippen molar-refractivity contribution in [3.8, 4) is 23.2 Å². The number of aromatic nitrogens is 3. The monoisotopic (exact) mass is 581 g/mol. The van der Waals surface area contributed by atoms with Crippen LogP contribution in [0.4, 0.5) is 5.69 Å². The lowest BCUT2D eigenvalue weighted by Crippen LogP contribution is -2.20. The molecule has 0 amide bonds. The Balaban J connectivity index is 1.38. The van der Waals surface area contributed by atoms with Crippen molar-refractivity contribution >= 4 is 49.7 Å². The first-order chi connectivity index (χ1) is 18.9. The zero-order valence-corrected chi connectivity index (χ0v) is 21.5. The Hall–Kier alpha value is -5.16. The molecule has 3 heterocycles. The van der Waals surface area contributed by atoms with Crippen molar-refractivity contribution in [1.82, 2.24) is 14.6 Å². The maximum atomic E-state index is 13.5. The van der Waals surface area contributed by atoms with Gasteiger partial charge < -0.3 is 9.15 Å². The molecule has 0 aliphatic carbocycles. The van der Waals surface area contributed by atoms with Gasteiger partial charge in [-0.05, 0) is 54.1 Å². The van der Waals surface area contributed by atoms with E-state index < -0.39 is 4.92 Å². The second-order valence-corrected chi connectivity index (χ2v) is 9.31. The molecule has 39 heavy (non-hydrogen) atoms. The fourth-order valence-electron chi connectivity index (χ4n) is 3.96. The van der Waals surface area contributed by atoms with Gasteiger partial charge in [0.25, 0.3) is 11.2 Å². The third kappa shape index (κ3) is 4.90. The van der Waals surface area contributed by atoms with Gasteiger partial charge in [0.15, 0.2) is 5.76 Å². The van der Waals surface area contributed by atoms with Crippen LogP contribution >= 0.6 is 15.9 Å². The normalized spacial score (nSPS) is 11.4. The van der Waals surface area contributed by atoms with Gasteiger partial charge >= 0.3 is 0 Å². The van der Waals surface area contributed by atoms with Gasteiger partial charge in [-0.2, -0.15) is 9.78 Å². The summed E-state index contributed by atoms with van der Waals surface area (Å²) >= 11 is 3.47. The Kier molecular flexibility index (Phi) is 6.17. The highest BCUT2D eigenvalue weighted by Crippen LogP contribution is 2.29. The highest BCUT2D eigenvalue weighted by atomic mass is 79.9. The molecule has 6 aromatic rings. The number of hydrogen-bond acceptors (Lipinski definition) is 8. The van der Waals surface area contributed by atoms with E-state index in [1.165, 1.54) is 23.0 Å². The summed E-state index contributed by atoms with van der Waals surface area (Å²) in [7, 11) is 0. The molecule has 6 rings (SSSR count). The van der Waals surface area contributed by atoms with Gasteiger partial charge in [0, 0.05) is 22.0 Å². The van der Waals surface area contributed by atoms with Crippen LogP contribution in [0.1, 0.15) is 5.56 Å². The summed E-state index contributed by atoms with van der Waals surface area (Å²) < 4.78 is 13.9. The van der Waals surface area contributed by atoms with Crippen LogP contribution in [0.3, 0.4) is 0 Å². The molecule has 0 spiro atoms. The number of fused-ring (bicyclic) bond motifs is 2. The first kappa shape index (κ1) is 24.2. The molecule has 0 saturated carbocycles. The van der Waals surface area contributed by atoms with Crippen LogP contribution in [0.25, 0.3) is 33.5 Å². The van der Waals surface area contributed by atoms with Crippen LogP contribution in [0.15, 0.2) is 110 Å². The van der Waals surface area contributed by atoms with Crippen LogP contribution in [0, 0.1) is 10.1 Å². The fraction of sp³-hybridized carbons (Fsp3) is 0. The Morgan fingerprint density at radius 1 is 1.03 bits per heavy atom. The van der Waals surface area contributed by atoms with Gasteiger partial charge in [-0.3, -0.25) is 14.9 Å². The number of nitro groups is 1. The van der Waals surface area contributed by atoms with Gasteiger partial charge in [0.2, 0.25) is 11.7 Å². The van der Waals surface area contributed by atoms with Crippen LogP contribution in [0.5, 0.6) is 11.6 Å². The zero-order valence-electron chi connectivity index (χ0n) is 19.9. The molecule has 0 bridgehead atoms. The highest BCUT2D eigenvalue weighted by molar-refractivity contribution is 9.10. The van der Waals surface area contributed by atoms with Crippen molar-refractivity contribution in [1.29, 1.82) is 0 Å². The van der Waals surface area contributed by atoms with E-state index in [0.29, 0.717) is 33.6 Å². The Morgan fingerprint density at radius 2 is 1.90 bits per heavy atom. The van der Waals surface area contributed by atoms with Gasteiger partial charge in [0.05, 0.1) is 22.0 Å². The third-order valence-corrected chi connectivity index (χ3v) is 6.28. The second kappa shape index (κ2) is 9.95. The second-order valence-electron chi connectivity index (χ2n) is 8.39. The number of nitrogens with zero attached hydrogens (tertiary/aromatic N) is 5. The molecule has 10 nitrogen and oxygen atoms in total. The van der Waals surface area contributed by atoms with Crippen molar-refractivity contribution in [2.75, 3.05) is 0 Å². The number of hydrogen-bond donors (Lipinski definition) is 0. The smallest absolute Gasteiger partial charge is 0.287 e. The van der Waals surface area contributed by atoms with Crippen molar-refractivity contribution in [3.63, 3.8) is 0 Å². The van der Waals surface area contributed by atoms with Crippen LogP contribution in [-0.4, -0.2) is 25.8 Å². The molecule has 11 heteroatoms. The first-order valence-corrected chi connectivity index (χ1v) is 12.4. The van der Waals surface area contributed by atoms with Crippen LogP contribution < -0.4 is 10.3 Å². The molecular formula is C28H16BrN5O5. The van der Waals surface area contributed by atoms with E-state index in [2.05, 4.69) is 26.0 Å². The van der Waals surface area contributed by atoms with Crippen molar-refractivity contribution in [2.24, 2.45) is 5.10 Å². The topological polar surface area (TPSA) is 126 Å². The molecule has 3 aromatic carbocycles. The summed E-state index contributed by atoms with van der Waals surface area (Å²) in [5.41, 5.74) is 1.32. The predicted octanol–water partition coefficient (Wildman–Crippen LogP) is 6.55. The molecule has 0 aliphatic heterocycles. The average molecular weight is 582 g/mol. The van der Waals surface area contributed by atoms with Crippen LogP contribution in [0.2, 0.25) is 0 Å². The number of halogens is 1. The SMILES string of the molecule is O=c1c2ccccc2nc(-c2cc3cc(Br)ccc3o2)n1N=Cc1cccc(Oc2ccc([N+](=O)[O-])cn2)c1. The summed E-state index contributed by atoms with van der Waals surface area (Å²) in [5, 5.41) is 16.6. The molecule has 0 saturated heterocycles. The van der Waals surface area contributed by atoms with Gasteiger partial charge in [0.1, 0.15) is 17.5 Å². The van der Waals surface area contributed by atoms with Crippen molar-refractivity contribution in [3.05, 3.63) is 122 Å². The number of pyridine rings is 1. The first-order valence-electron chi connectivity index (χ1n) is 11.6. The average Bonchev–Trinajstić information content (AvgIpc) is 3.36. The summed E-state index contributed by atoms with van der Waals surface area (Å²) in [6.07, 6.45) is 2.63. The number of rotatable bonds is 6. The standard InChI is InChI=1S/C28H16BrN5O5/c29-19-8-10-24-18(13-19)14-25(39-24)27-32-23-7-2-1-6-22(23)28(35)33(27)31-15-17-4-3-5-21(12-17)38-26-11-9-20(16-30-26)34(36)37/h1-16H. The lowest BCUT2D eigenvalue weighted by Gasteiger charge is -2.08. The Bertz CT molecular complexity index is 1960. The van der Waals surface area contributed by atoms with E-state index in [1.807, 2.05) is 30.3 Å². The van der Waals surface area contributed by atoms with E-state index in [1.54, 1.807) is 42.5 Å². The van der Waals surface area contributed by atoms with E-state index in [4.69, 9.17) is 14.1 Å². The molecule has 3 aromatic heterocycles. The quantitative estimate of drug-likeness (QED) is 0.124. The summed E-state index contributed by atoms with van der Waals surface area (Å²) in [6, 6.07) is 24.2. The highest BCUT2D eigenvalue weighted by Gasteiger charge is 2.16. The fourth-order valence-corrected chi connectivity index (χ4v) is 4.34. The van der Waals surface area contributed by atoms with E-state index in [9.17, 15) is 14.9 Å². The maximum Gasteiger partial charge on any atom is 0.287 e. The van der Waals surface area contributed by atoms with E-state index in [-0.39, 0.29) is 23.0 Å².